The van der Waals surface area contributed by atoms with Crippen molar-refractivity contribution in [2.45, 2.75) is 25.1 Å². The van der Waals surface area contributed by atoms with Gasteiger partial charge in [0.25, 0.3) is 0 Å². The van der Waals surface area contributed by atoms with E-state index in [2.05, 4.69) is 11.0 Å². The van der Waals surface area contributed by atoms with Crippen molar-refractivity contribution in [2.75, 3.05) is 26.3 Å². The minimum Gasteiger partial charge on any atom is -0.380 e. The number of ether oxygens (including phenoxy) is 1. The maximum absolute atomic E-state index is 12.7. The third kappa shape index (κ3) is 5.09. The first-order valence-electron chi connectivity index (χ1n) is 8.95. The third-order valence-electron chi connectivity index (χ3n) is 4.78. The molecule has 0 N–H and O–H groups in total. The van der Waals surface area contributed by atoms with Crippen LogP contribution in [0.2, 0.25) is 0 Å². The van der Waals surface area contributed by atoms with E-state index < -0.39 is 11.7 Å². The summed E-state index contributed by atoms with van der Waals surface area (Å²) < 4.78 is 43.5. The molecule has 3 nitrogen and oxygen atoms in total. The number of alkyl halides is 3. The highest BCUT2D eigenvalue weighted by Gasteiger charge is 2.30. The molecule has 1 aliphatic rings. The highest BCUT2D eigenvalue weighted by molar-refractivity contribution is 5.64. The number of benzene rings is 2. The molecule has 0 amide bonds. The molecule has 0 radical (unpaired) electrons. The fourth-order valence-corrected chi connectivity index (χ4v) is 3.24. The van der Waals surface area contributed by atoms with E-state index in [1.807, 2.05) is 24.3 Å². The monoisotopic (exact) mass is 374 g/mol. The molecule has 0 bridgehead atoms. The van der Waals surface area contributed by atoms with Gasteiger partial charge in [0.1, 0.15) is 6.04 Å². The van der Waals surface area contributed by atoms with Crippen LogP contribution in [0, 0.1) is 11.3 Å². The molecule has 142 valence electrons. The Morgan fingerprint density at radius 1 is 0.963 bits per heavy atom. The summed E-state index contributed by atoms with van der Waals surface area (Å²) in [5, 5.41) is 9.53. The molecule has 1 atom stereocenters. The molecule has 0 unspecified atom stereocenters. The fourth-order valence-electron chi connectivity index (χ4n) is 3.24. The van der Waals surface area contributed by atoms with Crippen LogP contribution in [0.4, 0.5) is 13.2 Å². The molecule has 1 heterocycles. The van der Waals surface area contributed by atoms with E-state index in [1.54, 1.807) is 0 Å². The Morgan fingerprint density at radius 2 is 1.59 bits per heavy atom. The van der Waals surface area contributed by atoms with Gasteiger partial charge >= 0.3 is 6.18 Å². The summed E-state index contributed by atoms with van der Waals surface area (Å²) in [5.41, 5.74) is 1.96. The summed E-state index contributed by atoms with van der Waals surface area (Å²) in [4.78, 5) is 2.15. The lowest BCUT2D eigenvalue weighted by Crippen LogP contribution is -2.37. The Kier molecular flexibility index (Phi) is 6.15. The Morgan fingerprint density at radius 3 is 2.19 bits per heavy atom. The second-order valence-electron chi connectivity index (χ2n) is 6.62. The summed E-state index contributed by atoms with van der Waals surface area (Å²) in [7, 11) is 0. The minimum atomic E-state index is -4.33. The van der Waals surface area contributed by atoms with E-state index in [4.69, 9.17) is 4.74 Å². The molecular weight excluding hydrogens is 353 g/mol. The molecule has 27 heavy (non-hydrogen) atoms. The molecule has 6 heteroatoms. The van der Waals surface area contributed by atoms with Crippen molar-refractivity contribution >= 4 is 0 Å². The van der Waals surface area contributed by atoms with Gasteiger partial charge in [-0.25, -0.2) is 0 Å². The van der Waals surface area contributed by atoms with Gasteiger partial charge in [0.2, 0.25) is 0 Å². The highest BCUT2D eigenvalue weighted by Crippen LogP contribution is 2.31. The normalized spacial score (nSPS) is 17.1. The molecular formula is C21H21F3N2O. The van der Waals surface area contributed by atoms with Crippen molar-refractivity contribution in [3.63, 3.8) is 0 Å². The highest BCUT2D eigenvalue weighted by atomic mass is 19.4. The Bertz CT molecular complexity index is 771. The van der Waals surface area contributed by atoms with E-state index >= 15 is 0 Å². The van der Waals surface area contributed by atoms with E-state index in [1.165, 1.54) is 12.1 Å². The Labute approximate surface area is 157 Å². The standard InChI is InChI=1S/C21H21F3N2O/c22-21(23,24)19-8-6-18(7-9-19)17-4-2-16(3-5-17)14-20(15-25)26-10-1-12-27-13-11-26/h2-9,20H,1,10-14H2/t20-/m0/s1. The van der Waals surface area contributed by atoms with Gasteiger partial charge in [-0.2, -0.15) is 18.4 Å². The summed E-state index contributed by atoms with van der Waals surface area (Å²) in [5.74, 6) is 0. The summed E-state index contributed by atoms with van der Waals surface area (Å²) >= 11 is 0. The van der Waals surface area contributed by atoms with Gasteiger partial charge in [0.15, 0.2) is 0 Å². The molecule has 0 aliphatic carbocycles. The van der Waals surface area contributed by atoms with Gasteiger partial charge in [-0.05, 0) is 35.2 Å². The van der Waals surface area contributed by atoms with Crippen LogP contribution >= 0.6 is 0 Å². The van der Waals surface area contributed by atoms with E-state index in [9.17, 15) is 18.4 Å². The van der Waals surface area contributed by atoms with Crippen LogP contribution in [0.5, 0.6) is 0 Å². The molecule has 2 aromatic carbocycles. The lowest BCUT2D eigenvalue weighted by atomic mass is 9.99. The maximum atomic E-state index is 12.7. The van der Waals surface area contributed by atoms with Crippen molar-refractivity contribution in [3.05, 3.63) is 59.7 Å². The topological polar surface area (TPSA) is 36.3 Å². The fraction of sp³-hybridized carbons (Fsp3) is 0.381. The smallest absolute Gasteiger partial charge is 0.380 e. The van der Waals surface area contributed by atoms with Gasteiger partial charge in [0.05, 0.1) is 18.2 Å². The molecule has 0 aromatic heterocycles. The number of hydrogen-bond donors (Lipinski definition) is 0. The van der Waals surface area contributed by atoms with Crippen LogP contribution in [0.3, 0.4) is 0 Å². The number of halogens is 3. The number of nitriles is 1. The first kappa shape index (κ1) is 19.4. The van der Waals surface area contributed by atoms with Crippen LogP contribution in [0.25, 0.3) is 11.1 Å². The predicted octanol–water partition coefficient (Wildman–Crippen LogP) is 4.53. The third-order valence-corrected chi connectivity index (χ3v) is 4.78. The van der Waals surface area contributed by atoms with E-state index in [0.29, 0.717) is 13.0 Å². The number of nitrogens with zero attached hydrogens (tertiary/aromatic N) is 2. The molecule has 0 saturated carbocycles. The van der Waals surface area contributed by atoms with E-state index in [-0.39, 0.29) is 6.04 Å². The minimum absolute atomic E-state index is 0.205. The van der Waals surface area contributed by atoms with Crippen molar-refractivity contribution in [2.24, 2.45) is 0 Å². The lowest BCUT2D eigenvalue weighted by Gasteiger charge is -2.24. The molecule has 0 spiro atoms. The average molecular weight is 374 g/mol. The second kappa shape index (κ2) is 8.55. The van der Waals surface area contributed by atoms with Gasteiger partial charge in [0, 0.05) is 26.1 Å². The van der Waals surface area contributed by atoms with Crippen LogP contribution < -0.4 is 0 Å². The SMILES string of the molecule is N#C[C@H](Cc1ccc(-c2ccc(C(F)(F)F)cc2)cc1)N1CCCOCC1. The maximum Gasteiger partial charge on any atom is 0.416 e. The molecule has 1 saturated heterocycles. The van der Waals surface area contributed by atoms with Crippen LogP contribution in [0.15, 0.2) is 48.5 Å². The average Bonchev–Trinajstić information content (AvgIpc) is 2.95. The summed E-state index contributed by atoms with van der Waals surface area (Å²) in [6.07, 6.45) is -2.79. The van der Waals surface area contributed by atoms with Gasteiger partial charge in [-0.1, -0.05) is 36.4 Å². The molecule has 2 aromatic rings. The Hall–Kier alpha value is -2.36. The molecule has 1 fully saturated rings. The van der Waals surface area contributed by atoms with Crippen LogP contribution in [0.1, 0.15) is 17.5 Å². The summed E-state index contributed by atoms with van der Waals surface area (Å²) in [6.45, 7) is 2.98. The Balaban J connectivity index is 1.68. The van der Waals surface area contributed by atoms with Gasteiger partial charge in [-0.15, -0.1) is 0 Å². The number of hydrogen-bond acceptors (Lipinski definition) is 3. The predicted molar refractivity (Wildman–Crippen MR) is 97.0 cm³/mol. The molecule has 1 aliphatic heterocycles. The second-order valence-corrected chi connectivity index (χ2v) is 6.62. The quantitative estimate of drug-likeness (QED) is 0.789. The van der Waals surface area contributed by atoms with Crippen molar-refractivity contribution < 1.29 is 17.9 Å². The van der Waals surface area contributed by atoms with Crippen molar-refractivity contribution in [1.29, 1.82) is 5.26 Å². The number of rotatable bonds is 4. The molecule has 3 rings (SSSR count). The van der Waals surface area contributed by atoms with E-state index in [0.717, 1.165) is 54.9 Å². The summed E-state index contributed by atoms with van der Waals surface area (Å²) in [6, 6.07) is 15.0. The van der Waals surface area contributed by atoms with Crippen LogP contribution in [-0.4, -0.2) is 37.2 Å². The van der Waals surface area contributed by atoms with Crippen LogP contribution in [-0.2, 0) is 17.3 Å². The lowest BCUT2D eigenvalue weighted by molar-refractivity contribution is -0.137. The first-order chi connectivity index (χ1) is 13.0. The van der Waals surface area contributed by atoms with Gasteiger partial charge in [-0.3, -0.25) is 4.90 Å². The zero-order valence-corrected chi connectivity index (χ0v) is 14.9. The van der Waals surface area contributed by atoms with Gasteiger partial charge < -0.3 is 4.74 Å². The van der Waals surface area contributed by atoms with Crippen molar-refractivity contribution in [3.8, 4) is 17.2 Å². The zero-order valence-electron chi connectivity index (χ0n) is 14.9. The largest absolute Gasteiger partial charge is 0.416 e. The first-order valence-corrected chi connectivity index (χ1v) is 8.95. The zero-order chi connectivity index (χ0) is 19.3. The van der Waals surface area contributed by atoms with Crippen molar-refractivity contribution in [1.82, 2.24) is 4.90 Å².